The molecule has 0 spiro atoms. The van der Waals surface area contributed by atoms with E-state index in [0.29, 0.717) is 0 Å². The highest BCUT2D eigenvalue weighted by atomic mass is 32.1. The lowest BCUT2D eigenvalue weighted by Gasteiger charge is -2.10. The topological polar surface area (TPSA) is 0 Å². The van der Waals surface area contributed by atoms with Crippen LogP contribution in [-0.2, 0) is 6.42 Å². The number of hydrogen-bond acceptors (Lipinski definition) is 1. The first-order valence-corrected chi connectivity index (χ1v) is 8.23. The van der Waals surface area contributed by atoms with Gasteiger partial charge in [-0.05, 0) is 51.4 Å². The molecule has 0 nitrogen and oxygen atoms in total. The molecule has 0 aliphatic carbocycles. The van der Waals surface area contributed by atoms with E-state index in [-0.39, 0.29) is 0 Å². The zero-order chi connectivity index (χ0) is 14.2. The van der Waals surface area contributed by atoms with Gasteiger partial charge >= 0.3 is 0 Å². The van der Waals surface area contributed by atoms with Crippen LogP contribution in [0.3, 0.4) is 0 Å². The van der Waals surface area contributed by atoms with Crippen molar-refractivity contribution in [3.63, 3.8) is 0 Å². The highest BCUT2D eigenvalue weighted by molar-refractivity contribution is 7.17. The molecular formula is C20H16S. The van der Waals surface area contributed by atoms with E-state index in [4.69, 9.17) is 0 Å². The summed E-state index contributed by atoms with van der Waals surface area (Å²) in [5, 5.41) is 6.29. The molecule has 0 amide bonds. The predicted octanol–water partition coefficient (Wildman–Crippen LogP) is 6.28. The summed E-state index contributed by atoms with van der Waals surface area (Å²) in [7, 11) is 0. The van der Waals surface area contributed by atoms with E-state index in [9.17, 15) is 0 Å². The molecule has 4 rings (SSSR count). The zero-order valence-electron chi connectivity index (χ0n) is 12.0. The van der Waals surface area contributed by atoms with Crippen molar-refractivity contribution in [3.8, 4) is 11.1 Å². The summed E-state index contributed by atoms with van der Waals surface area (Å²) < 4.78 is 1.37. The van der Waals surface area contributed by atoms with Crippen LogP contribution in [0.1, 0.15) is 12.5 Å². The van der Waals surface area contributed by atoms with Crippen LogP contribution < -0.4 is 0 Å². The number of fused-ring (bicyclic) bond motifs is 3. The molecule has 0 fully saturated rings. The third-order valence-electron chi connectivity index (χ3n) is 4.13. The van der Waals surface area contributed by atoms with Gasteiger partial charge in [-0.15, -0.1) is 11.3 Å². The van der Waals surface area contributed by atoms with Crippen molar-refractivity contribution in [1.82, 2.24) is 0 Å². The Morgan fingerprint density at radius 1 is 0.810 bits per heavy atom. The minimum Gasteiger partial charge on any atom is -0.144 e. The quantitative estimate of drug-likeness (QED) is 0.407. The van der Waals surface area contributed by atoms with Crippen LogP contribution in [0.4, 0.5) is 0 Å². The van der Waals surface area contributed by atoms with Gasteiger partial charge in [-0.3, -0.25) is 0 Å². The minimum atomic E-state index is 1.08. The third-order valence-corrected chi connectivity index (χ3v) is 4.99. The molecule has 1 heterocycles. The maximum Gasteiger partial charge on any atom is 0.0355 e. The van der Waals surface area contributed by atoms with E-state index in [1.165, 1.54) is 37.5 Å². The minimum absolute atomic E-state index is 1.08. The Morgan fingerprint density at radius 3 is 2.48 bits per heavy atom. The van der Waals surface area contributed by atoms with Gasteiger partial charge in [-0.2, -0.15) is 0 Å². The second-order valence-corrected chi connectivity index (χ2v) is 6.30. The maximum atomic E-state index is 2.36. The molecule has 0 saturated heterocycles. The van der Waals surface area contributed by atoms with Crippen LogP contribution in [0.15, 0.2) is 66.0 Å². The van der Waals surface area contributed by atoms with E-state index >= 15 is 0 Å². The molecule has 0 aliphatic rings. The van der Waals surface area contributed by atoms with Crippen molar-refractivity contribution in [3.05, 3.63) is 71.6 Å². The summed E-state index contributed by atoms with van der Waals surface area (Å²) in [4.78, 5) is 0. The second-order valence-electron chi connectivity index (χ2n) is 5.36. The van der Waals surface area contributed by atoms with Gasteiger partial charge in [0, 0.05) is 10.1 Å². The van der Waals surface area contributed by atoms with E-state index in [0.717, 1.165) is 6.42 Å². The smallest absolute Gasteiger partial charge is 0.0355 e. The van der Waals surface area contributed by atoms with Crippen molar-refractivity contribution >= 4 is 32.2 Å². The summed E-state index contributed by atoms with van der Waals surface area (Å²) in [5.41, 5.74) is 4.04. The molecule has 1 heteroatoms. The molecule has 0 atom stereocenters. The Hall–Kier alpha value is -2.12. The largest absolute Gasteiger partial charge is 0.144 e. The Kier molecular flexibility index (Phi) is 3.01. The molecule has 4 aromatic rings. The van der Waals surface area contributed by atoms with Crippen LogP contribution in [0, 0.1) is 0 Å². The summed E-state index contributed by atoms with van der Waals surface area (Å²) in [6.07, 6.45) is 1.08. The number of aryl methyl sites for hydroxylation is 1. The maximum absolute atomic E-state index is 2.36. The average molecular weight is 288 g/mol. The molecule has 3 aromatic carbocycles. The van der Waals surface area contributed by atoms with Gasteiger partial charge in [0.2, 0.25) is 0 Å². The van der Waals surface area contributed by atoms with Gasteiger partial charge in [-0.25, -0.2) is 0 Å². The van der Waals surface area contributed by atoms with E-state index in [1.807, 2.05) is 11.3 Å². The standard InChI is InChI=1S/C20H16S/c1-2-14-8-9-16-17-10-11-21-20(17)13-18(19(16)12-14)15-6-4-3-5-7-15/h3-13H,2H2,1H3. The SMILES string of the molecule is CCc1ccc2c(c1)c(-c1ccccc1)cc1sccc12. The number of hydrogen-bond donors (Lipinski definition) is 0. The van der Waals surface area contributed by atoms with Crippen molar-refractivity contribution in [1.29, 1.82) is 0 Å². The average Bonchev–Trinajstić information content (AvgIpc) is 3.03. The molecule has 1 aromatic heterocycles. The molecular weight excluding hydrogens is 272 g/mol. The summed E-state index contributed by atoms with van der Waals surface area (Å²) in [6, 6.07) is 22.2. The number of benzene rings is 3. The van der Waals surface area contributed by atoms with Crippen molar-refractivity contribution in [2.75, 3.05) is 0 Å². The molecule has 0 radical (unpaired) electrons. The van der Waals surface area contributed by atoms with Gasteiger partial charge in [0.1, 0.15) is 0 Å². The Labute approximate surface area is 128 Å². The Balaban J connectivity index is 2.15. The summed E-state index contributed by atoms with van der Waals surface area (Å²) in [6.45, 7) is 2.21. The van der Waals surface area contributed by atoms with E-state index in [1.54, 1.807) is 0 Å². The number of rotatable bonds is 2. The van der Waals surface area contributed by atoms with E-state index < -0.39 is 0 Å². The highest BCUT2D eigenvalue weighted by Gasteiger charge is 2.09. The normalized spacial score (nSPS) is 11.3. The molecule has 102 valence electrons. The highest BCUT2D eigenvalue weighted by Crippen LogP contribution is 2.37. The lowest BCUT2D eigenvalue weighted by molar-refractivity contribution is 1.15. The lowest BCUT2D eigenvalue weighted by atomic mass is 9.94. The fourth-order valence-corrected chi connectivity index (χ4v) is 3.83. The van der Waals surface area contributed by atoms with Gasteiger partial charge in [-0.1, -0.05) is 55.5 Å². The Bertz CT molecular complexity index is 917. The summed E-state index contributed by atoms with van der Waals surface area (Å²) in [5.74, 6) is 0. The van der Waals surface area contributed by atoms with Gasteiger partial charge in [0.05, 0.1) is 0 Å². The molecule has 0 saturated carbocycles. The lowest BCUT2D eigenvalue weighted by Crippen LogP contribution is -1.85. The molecule has 0 N–H and O–H groups in total. The fourth-order valence-electron chi connectivity index (χ4n) is 2.99. The summed E-state index contributed by atoms with van der Waals surface area (Å²) >= 11 is 1.82. The zero-order valence-corrected chi connectivity index (χ0v) is 12.8. The van der Waals surface area contributed by atoms with Crippen molar-refractivity contribution in [2.24, 2.45) is 0 Å². The second kappa shape index (κ2) is 5.01. The molecule has 0 bridgehead atoms. The molecule has 0 unspecified atom stereocenters. The first-order valence-electron chi connectivity index (χ1n) is 7.35. The third kappa shape index (κ3) is 2.05. The fraction of sp³-hybridized carbons (Fsp3) is 0.100. The van der Waals surface area contributed by atoms with Crippen molar-refractivity contribution in [2.45, 2.75) is 13.3 Å². The Morgan fingerprint density at radius 2 is 1.67 bits per heavy atom. The number of thiophene rings is 1. The van der Waals surface area contributed by atoms with Crippen LogP contribution in [0.2, 0.25) is 0 Å². The van der Waals surface area contributed by atoms with Crippen LogP contribution >= 0.6 is 11.3 Å². The van der Waals surface area contributed by atoms with Crippen LogP contribution in [-0.4, -0.2) is 0 Å². The molecule has 0 aliphatic heterocycles. The van der Waals surface area contributed by atoms with E-state index in [2.05, 4.69) is 73.0 Å². The van der Waals surface area contributed by atoms with Gasteiger partial charge in [0.15, 0.2) is 0 Å². The van der Waals surface area contributed by atoms with Crippen LogP contribution in [0.5, 0.6) is 0 Å². The van der Waals surface area contributed by atoms with Crippen molar-refractivity contribution < 1.29 is 0 Å². The first kappa shape index (κ1) is 12.6. The molecule has 21 heavy (non-hydrogen) atoms. The first-order chi connectivity index (χ1) is 10.4. The van der Waals surface area contributed by atoms with Gasteiger partial charge < -0.3 is 0 Å². The van der Waals surface area contributed by atoms with Gasteiger partial charge in [0.25, 0.3) is 0 Å². The van der Waals surface area contributed by atoms with Crippen LogP contribution in [0.25, 0.3) is 32.0 Å². The monoisotopic (exact) mass is 288 g/mol. The predicted molar refractivity (Wildman–Crippen MR) is 94.1 cm³/mol.